The highest BCUT2D eigenvalue weighted by molar-refractivity contribution is 7.89. The predicted octanol–water partition coefficient (Wildman–Crippen LogP) is 3.10. The fourth-order valence-electron chi connectivity index (χ4n) is 2.57. The third kappa shape index (κ3) is 8.39. The Morgan fingerprint density at radius 2 is 1.61 bits per heavy atom. The number of anilines is 1. The van der Waals surface area contributed by atoms with Crippen LogP contribution in [0.1, 0.15) is 33.6 Å². The normalized spacial score (nSPS) is 12.3. The Balaban J connectivity index is 1.76. The van der Waals surface area contributed by atoms with Crippen molar-refractivity contribution in [1.82, 2.24) is 4.72 Å². The van der Waals surface area contributed by atoms with Crippen molar-refractivity contribution in [2.45, 2.75) is 50.7 Å². The zero-order chi connectivity index (χ0) is 22.9. The van der Waals surface area contributed by atoms with Gasteiger partial charge in [-0.3, -0.25) is 9.59 Å². The summed E-state index contributed by atoms with van der Waals surface area (Å²) in [5, 5.41) is 2.60. The molecule has 2 rings (SSSR count). The van der Waals surface area contributed by atoms with Crippen LogP contribution in [0.2, 0.25) is 0 Å². The van der Waals surface area contributed by atoms with Gasteiger partial charge in [-0.2, -0.15) is 0 Å². The Morgan fingerprint density at radius 1 is 0.968 bits per heavy atom. The third-order valence-corrected chi connectivity index (χ3v) is 5.71. The molecule has 8 nitrogen and oxygen atoms in total. The molecular formula is C22H28N2O6S. The van der Waals surface area contributed by atoms with Gasteiger partial charge in [-0.05, 0) is 63.6 Å². The lowest BCUT2D eigenvalue weighted by molar-refractivity contribution is -0.153. The van der Waals surface area contributed by atoms with Gasteiger partial charge in [0.15, 0.2) is 6.10 Å². The van der Waals surface area contributed by atoms with Crippen LogP contribution in [0.3, 0.4) is 0 Å². The molecule has 0 bridgehead atoms. The van der Waals surface area contributed by atoms with Crippen LogP contribution in [0.4, 0.5) is 5.69 Å². The van der Waals surface area contributed by atoms with Gasteiger partial charge in [0.05, 0.1) is 11.5 Å². The number of sulfonamides is 1. The van der Waals surface area contributed by atoms with Crippen molar-refractivity contribution in [2.24, 2.45) is 0 Å². The minimum absolute atomic E-state index is 0.0939. The van der Waals surface area contributed by atoms with E-state index in [0.717, 1.165) is 5.75 Å². The highest BCUT2D eigenvalue weighted by Crippen LogP contribution is 2.15. The van der Waals surface area contributed by atoms with Crippen LogP contribution in [0, 0.1) is 0 Å². The smallest absolute Gasteiger partial charge is 0.306 e. The van der Waals surface area contributed by atoms with Crippen LogP contribution in [-0.2, 0) is 24.3 Å². The van der Waals surface area contributed by atoms with E-state index in [1.807, 2.05) is 30.3 Å². The van der Waals surface area contributed by atoms with Crippen molar-refractivity contribution in [3.05, 3.63) is 54.6 Å². The molecule has 0 aliphatic heterocycles. The number of para-hydroxylation sites is 1. The number of rotatable bonds is 11. The van der Waals surface area contributed by atoms with Crippen LogP contribution in [-0.4, -0.2) is 39.0 Å². The zero-order valence-corrected chi connectivity index (χ0v) is 18.6. The Bertz CT molecular complexity index is 959. The molecule has 2 N–H and O–H groups in total. The summed E-state index contributed by atoms with van der Waals surface area (Å²) in [6.07, 6.45) is -0.406. The number of benzene rings is 2. The summed E-state index contributed by atoms with van der Waals surface area (Å²) >= 11 is 0. The highest BCUT2D eigenvalue weighted by atomic mass is 32.2. The lowest BCUT2D eigenvalue weighted by Gasteiger charge is -2.14. The van der Waals surface area contributed by atoms with Crippen LogP contribution < -0.4 is 14.8 Å². The van der Waals surface area contributed by atoms with E-state index in [2.05, 4.69) is 10.0 Å². The second-order valence-electron chi connectivity index (χ2n) is 7.19. The molecular weight excluding hydrogens is 420 g/mol. The van der Waals surface area contributed by atoms with Crippen molar-refractivity contribution in [1.29, 1.82) is 0 Å². The summed E-state index contributed by atoms with van der Waals surface area (Å²) in [6, 6.07) is 14.8. The molecule has 2 aromatic rings. The van der Waals surface area contributed by atoms with Gasteiger partial charge in [-0.1, -0.05) is 18.2 Å². The number of amides is 1. The van der Waals surface area contributed by atoms with Crippen molar-refractivity contribution < 1.29 is 27.5 Å². The van der Waals surface area contributed by atoms with Crippen molar-refractivity contribution in [3.8, 4) is 5.75 Å². The first-order valence-corrected chi connectivity index (χ1v) is 11.5. The quantitative estimate of drug-likeness (QED) is 0.404. The third-order valence-electron chi connectivity index (χ3n) is 4.04. The largest absolute Gasteiger partial charge is 0.494 e. The lowest BCUT2D eigenvalue weighted by Crippen LogP contribution is -2.30. The Morgan fingerprint density at radius 3 is 2.23 bits per heavy atom. The van der Waals surface area contributed by atoms with E-state index in [4.69, 9.17) is 9.47 Å². The van der Waals surface area contributed by atoms with Crippen molar-refractivity contribution >= 4 is 27.6 Å². The number of esters is 1. The van der Waals surface area contributed by atoms with Crippen LogP contribution >= 0.6 is 0 Å². The zero-order valence-electron chi connectivity index (χ0n) is 17.8. The van der Waals surface area contributed by atoms with Crippen LogP contribution in [0.25, 0.3) is 0 Å². The van der Waals surface area contributed by atoms with Gasteiger partial charge in [-0.15, -0.1) is 0 Å². The number of ether oxygens (including phenoxy) is 2. The molecule has 0 heterocycles. The number of hydrogen-bond acceptors (Lipinski definition) is 6. The minimum Gasteiger partial charge on any atom is -0.494 e. The molecule has 9 heteroatoms. The summed E-state index contributed by atoms with van der Waals surface area (Å²) in [7, 11) is -3.61. The molecule has 0 aliphatic carbocycles. The second-order valence-corrected chi connectivity index (χ2v) is 8.90. The molecule has 0 unspecified atom stereocenters. The van der Waals surface area contributed by atoms with E-state index in [1.54, 1.807) is 13.8 Å². The fraction of sp³-hybridized carbons (Fsp3) is 0.364. The molecule has 0 aliphatic rings. The first-order chi connectivity index (χ1) is 14.7. The number of hydrogen-bond donors (Lipinski definition) is 2. The average molecular weight is 449 g/mol. The summed E-state index contributed by atoms with van der Waals surface area (Å²) < 4.78 is 37.4. The maximum atomic E-state index is 12.2. The van der Waals surface area contributed by atoms with Gasteiger partial charge >= 0.3 is 5.97 Å². The number of nitrogens with one attached hydrogen (secondary N) is 2. The van der Waals surface area contributed by atoms with E-state index >= 15 is 0 Å². The summed E-state index contributed by atoms with van der Waals surface area (Å²) in [5.41, 5.74) is 0.396. The van der Waals surface area contributed by atoms with Crippen LogP contribution in [0.5, 0.6) is 5.75 Å². The summed E-state index contributed by atoms with van der Waals surface area (Å²) in [4.78, 5) is 24.3. The molecule has 0 aromatic heterocycles. The Labute approximate surface area is 183 Å². The number of carbonyl (C=O) groups is 2. The van der Waals surface area contributed by atoms with Crippen molar-refractivity contribution in [2.75, 3.05) is 11.9 Å². The SMILES string of the molecule is CC(C)NS(=O)(=O)c1ccc(NC(=O)[C@@H](C)OC(=O)CCCOc2ccccc2)cc1. The Hall–Kier alpha value is -2.91. The predicted molar refractivity (Wildman–Crippen MR) is 117 cm³/mol. The molecule has 0 saturated carbocycles. The topological polar surface area (TPSA) is 111 Å². The van der Waals surface area contributed by atoms with Gasteiger partial charge in [0.2, 0.25) is 10.0 Å². The van der Waals surface area contributed by atoms with Gasteiger partial charge in [0, 0.05) is 18.2 Å². The highest BCUT2D eigenvalue weighted by Gasteiger charge is 2.19. The second kappa shape index (κ2) is 11.5. The van der Waals surface area contributed by atoms with Gasteiger partial charge in [-0.25, -0.2) is 13.1 Å². The van der Waals surface area contributed by atoms with E-state index in [0.29, 0.717) is 18.7 Å². The van der Waals surface area contributed by atoms with E-state index in [9.17, 15) is 18.0 Å². The van der Waals surface area contributed by atoms with E-state index < -0.39 is 28.0 Å². The lowest BCUT2D eigenvalue weighted by atomic mass is 10.3. The summed E-state index contributed by atoms with van der Waals surface area (Å²) in [6.45, 7) is 5.29. The van der Waals surface area contributed by atoms with Gasteiger partial charge < -0.3 is 14.8 Å². The number of carbonyl (C=O) groups excluding carboxylic acids is 2. The molecule has 168 valence electrons. The molecule has 0 fully saturated rings. The average Bonchev–Trinajstić information content (AvgIpc) is 2.71. The molecule has 31 heavy (non-hydrogen) atoms. The summed E-state index contributed by atoms with van der Waals surface area (Å²) in [5.74, 6) is -0.285. The first-order valence-electron chi connectivity index (χ1n) is 9.98. The molecule has 1 atom stereocenters. The Kier molecular flexibility index (Phi) is 9.02. The van der Waals surface area contributed by atoms with E-state index in [1.165, 1.54) is 31.2 Å². The maximum Gasteiger partial charge on any atom is 0.306 e. The fourth-order valence-corrected chi connectivity index (χ4v) is 3.82. The van der Waals surface area contributed by atoms with Gasteiger partial charge in [0.1, 0.15) is 5.75 Å². The molecule has 0 radical (unpaired) electrons. The van der Waals surface area contributed by atoms with Crippen LogP contribution in [0.15, 0.2) is 59.5 Å². The first kappa shape index (κ1) is 24.4. The molecule has 2 aromatic carbocycles. The minimum atomic E-state index is -3.61. The molecule has 1 amide bonds. The standard InChI is InChI=1S/C22H28N2O6S/c1-16(2)24-31(27,28)20-13-11-18(12-14-20)23-22(26)17(3)30-21(25)10-7-15-29-19-8-5-4-6-9-19/h4-6,8-9,11-14,16-17,24H,7,10,15H2,1-3H3,(H,23,26)/t17-/m1/s1. The van der Waals surface area contributed by atoms with Gasteiger partial charge in [0.25, 0.3) is 5.91 Å². The van der Waals surface area contributed by atoms with E-state index in [-0.39, 0.29) is 17.4 Å². The maximum absolute atomic E-state index is 12.2. The molecule has 0 saturated heterocycles. The van der Waals surface area contributed by atoms with Crippen molar-refractivity contribution in [3.63, 3.8) is 0 Å². The molecule has 0 spiro atoms. The monoisotopic (exact) mass is 448 g/mol.